The van der Waals surface area contributed by atoms with Crippen LogP contribution in [0.15, 0.2) is 49.1 Å². The lowest BCUT2D eigenvalue weighted by atomic mass is 10.1. The molecule has 3 N–H and O–H groups in total. The molecule has 9 heteroatoms. The highest BCUT2D eigenvalue weighted by Gasteiger charge is 2.33. The molecule has 3 heterocycles. The predicted molar refractivity (Wildman–Crippen MR) is 91.3 cm³/mol. The molecular formula is C17H17F3N6. The van der Waals surface area contributed by atoms with Crippen LogP contribution in [0.3, 0.4) is 0 Å². The molecule has 0 unspecified atom stereocenters. The Kier molecular flexibility index (Phi) is 5.47. The van der Waals surface area contributed by atoms with Crippen molar-refractivity contribution in [2.75, 3.05) is 18.4 Å². The number of nitrogens with zero attached hydrogens (tertiary/aromatic N) is 3. The molecule has 0 saturated heterocycles. The van der Waals surface area contributed by atoms with Gasteiger partial charge in [0.2, 0.25) is 0 Å². The average molecular weight is 362 g/mol. The van der Waals surface area contributed by atoms with E-state index in [4.69, 9.17) is 0 Å². The number of halogens is 3. The van der Waals surface area contributed by atoms with Gasteiger partial charge in [-0.15, -0.1) is 0 Å². The summed E-state index contributed by atoms with van der Waals surface area (Å²) < 4.78 is 38.7. The fourth-order valence-corrected chi connectivity index (χ4v) is 2.47. The maximum Gasteiger partial charge on any atom is 0.419 e. The highest BCUT2D eigenvalue weighted by Crippen LogP contribution is 2.33. The van der Waals surface area contributed by atoms with Crippen LogP contribution in [0.1, 0.15) is 11.1 Å². The fraction of sp³-hybridized carbons (Fsp3) is 0.235. The second-order valence-corrected chi connectivity index (χ2v) is 5.51. The monoisotopic (exact) mass is 362 g/mol. The molecule has 6 nitrogen and oxygen atoms in total. The standard InChI is InChI=1S/C17H17F3N6/c18-17(19,20)14-4-2-6-23-16(14)24-8-7-22-10-13-11-25-26-15(13)12-3-1-5-21-9-12/h1-6,9,11,22H,7-8,10H2,(H,23,24)(H,25,26). The molecule has 0 bridgehead atoms. The minimum atomic E-state index is -4.43. The lowest BCUT2D eigenvalue weighted by molar-refractivity contribution is -0.137. The van der Waals surface area contributed by atoms with Crippen LogP contribution in [-0.2, 0) is 12.7 Å². The Morgan fingerprint density at radius 2 is 1.88 bits per heavy atom. The number of hydrogen-bond acceptors (Lipinski definition) is 5. The lowest BCUT2D eigenvalue weighted by Gasteiger charge is -2.13. The third-order valence-corrected chi connectivity index (χ3v) is 3.69. The topological polar surface area (TPSA) is 78.5 Å². The molecule has 136 valence electrons. The number of alkyl halides is 3. The smallest absolute Gasteiger partial charge is 0.368 e. The molecular weight excluding hydrogens is 345 g/mol. The van der Waals surface area contributed by atoms with Gasteiger partial charge < -0.3 is 10.6 Å². The average Bonchev–Trinajstić information content (AvgIpc) is 3.10. The molecule has 0 spiro atoms. The SMILES string of the molecule is FC(F)(F)c1cccnc1NCCNCc1cn[nH]c1-c1cccnc1. The predicted octanol–water partition coefficient (Wildman–Crippen LogP) is 3.09. The summed E-state index contributed by atoms with van der Waals surface area (Å²) in [4.78, 5) is 7.84. The van der Waals surface area contributed by atoms with Crippen molar-refractivity contribution in [1.82, 2.24) is 25.5 Å². The molecule has 0 fully saturated rings. The number of aromatic nitrogens is 4. The van der Waals surface area contributed by atoms with E-state index in [1.165, 1.54) is 12.3 Å². The molecule has 0 atom stereocenters. The van der Waals surface area contributed by atoms with Crippen molar-refractivity contribution in [2.24, 2.45) is 0 Å². The summed E-state index contributed by atoms with van der Waals surface area (Å²) in [6.07, 6.45) is 2.04. The van der Waals surface area contributed by atoms with Gasteiger partial charge in [-0.25, -0.2) is 4.98 Å². The first kappa shape index (κ1) is 17.9. The summed E-state index contributed by atoms with van der Waals surface area (Å²) in [7, 11) is 0. The van der Waals surface area contributed by atoms with Crippen LogP contribution < -0.4 is 10.6 Å². The van der Waals surface area contributed by atoms with Gasteiger partial charge in [-0.1, -0.05) is 0 Å². The number of aromatic amines is 1. The minimum Gasteiger partial charge on any atom is -0.368 e. The zero-order valence-corrected chi connectivity index (χ0v) is 13.7. The highest BCUT2D eigenvalue weighted by molar-refractivity contribution is 5.61. The van der Waals surface area contributed by atoms with Crippen LogP contribution in [0.4, 0.5) is 19.0 Å². The summed E-state index contributed by atoms with van der Waals surface area (Å²) in [5.41, 5.74) is 1.96. The van der Waals surface area contributed by atoms with Crippen molar-refractivity contribution in [3.63, 3.8) is 0 Å². The Morgan fingerprint density at radius 3 is 2.65 bits per heavy atom. The Labute approximate surface area is 147 Å². The number of nitrogens with one attached hydrogen (secondary N) is 3. The zero-order valence-electron chi connectivity index (χ0n) is 13.7. The van der Waals surface area contributed by atoms with Crippen molar-refractivity contribution >= 4 is 5.82 Å². The third-order valence-electron chi connectivity index (χ3n) is 3.69. The Hall–Kier alpha value is -2.94. The first-order valence-corrected chi connectivity index (χ1v) is 7.95. The van der Waals surface area contributed by atoms with E-state index in [9.17, 15) is 13.2 Å². The summed E-state index contributed by atoms with van der Waals surface area (Å²) >= 11 is 0. The molecule has 3 aromatic heterocycles. The van der Waals surface area contributed by atoms with Crippen LogP contribution in [0.2, 0.25) is 0 Å². The molecule has 0 aliphatic rings. The normalized spacial score (nSPS) is 11.5. The third kappa shape index (κ3) is 4.37. The molecule has 0 aliphatic carbocycles. The van der Waals surface area contributed by atoms with E-state index in [0.29, 0.717) is 19.6 Å². The van der Waals surface area contributed by atoms with Gasteiger partial charge in [0.05, 0.1) is 17.5 Å². The second-order valence-electron chi connectivity index (χ2n) is 5.51. The number of rotatable bonds is 7. The van der Waals surface area contributed by atoms with Crippen LogP contribution >= 0.6 is 0 Å². The zero-order chi connectivity index (χ0) is 18.4. The molecule has 0 aliphatic heterocycles. The quantitative estimate of drug-likeness (QED) is 0.563. The van der Waals surface area contributed by atoms with E-state index in [1.54, 1.807) is 18.6 Å². The summed E-state index contributed by atoms with van der Waals surface area (Å²) in [5.74, 6) is -0.166. The van der Waals surface area contributed by atoms with Crippen molar-refractivity contribution < 1.29 is 13.2 Å². The molecule has 3 rings (SSSR count). The van der Waals surface area contributed by atoms with Gasteiger partial charge in [-0.05, 0) is 24.3 Å². The summed E-state index contributed by atoms with van der Waals surface area (Å²) in [6, 6.07) is 6.03. The molecule has 0 amide bonds. The molecule has 0 aromatic carbocycles. The number of pyridine rings is 2. The number of H-pyrrole nitrogens is 1. The van der Waals surface area contributed by atoms with Crippen LogP contribution in [0.25, 0.3) is 11.3 Å². The lowest BCUT2D eigenvalue weighted by Crippen LogP contribution is -2.23. The van der Waals surface area contributed by atoms with Gasteiger partial charge in [-0.3, -0.25) is 10.1 Å². The van der Waals surface area contributed by atoms with E-state index in [-0.39, 0.29) is 5.82 Å². The maximum absolute atomic E-state index is 12.9. The van der Waals surface area contributed by atoms with Crippen molar-refractivity contribution in [3.8, 4) is 11.3 Å². The molecule has 0 radical (unpaired) electrons. The number of hydrogen-bond donors (Lipinski definition) is 3. The maximum atomic E-state index is 12.9. The van der Waals surface area contributed by atoms with Crippen molar-refractivity contribution in [3.05, 3.63) is 60.2 Å². The van der Waals surface area contributed by atoms with Gasteiger partial charge in [0.25, 0.3) is 0 Å². The molecule has 26 heavy (non-hydrogen) atoms. The fourth-order valence-electron chi connectivity index (χ4n) is 2.47. The minimum absolute atomic E-state index is 0.166. The summed E-state index contributed by atoms with van der Waals surface area (Å²) in [5, 5.41) is 12.9. The van der Waals surface area contributed by atoms with E-state index in [0.717, 1.165) is 22.9 Å². The number of anilines is 1. The van der Waals surface area contributed by atoms with E-state index in [2.05, 4.69) is 30.8 Å². The van der Waals surface area contributed by atoms with Gasteiger partial charge in [0.15, 0.2) is 0 Å². The first-order valence-electron chi connectivity index (χ1n) is 7.95. The van der Waals surface area contributed by atoms with Gasteiger partial charge in [0.1, 0.15) is 5.82 Å². The van der Waals surface area contributed by atoms with Crippen LogP contribution in [-0.4, -0.2) is 33.3 Å². The van der Waals surface area contributed by atoms with E-state index in [1.807, 2.05) is 12.1 Å². The summed E-state index contributed by atoms with van der Waals surface area (Å²) in [6.45, 7) is 1.29. The first-order chi connectivity index (χ1) is 12.6. The van der Waals surface area contributed by atoms with Crippen molar-refractivity contribution in [2.45, 2.75) is 12.7 Å². The van der Waals surface area contributed by atoms with E-state index < -0.39 is 11.7 Å². The Bertz CT molecular complexity index is 832. The highest BCUT2D eigenvalue weighted by atomic mass is 19.4. The molecule has 0 saturated carbocycles. The Balaban J connectivity index is 1.52. The largest absolute Gasteiger partial charge is 0.419 e. The van der Waals surface area contributed by atoms with Gasteiger partial charge in [0, 0.05) is 49.4 Å². The van der Waals surface area contributed by atoms with Crippen molar-refractivity contribution in [1.29, 1.82) is 0 Å². The molecule has 3 aromatic rings. The second kappa shape index (κ2) is 7.96. The Morgan fingerprint density at radius 1 is 1.04 bits per heavy atom. The van der Waals surface area contributed by atoms with Gasteiger partial charge >= 0.3 is 6.18 Å². The van der Waals surface area contributed by atoms with Gasteiger partial charge in [-0.2, -0.15) is 18.3 Å². The van der Waals surface area contributed by atoms with Crippen LogP contribution in [0.5, 0.6) is 0 Å². The van der Waals surface area contributed by atoms with Crippen LogP contribution in [0, 0.1) is 0 Å². The van der Waals surface area contributed by atoms with E-state index >= 15 is 0 Å².